The Morgan fingerprint density at radius 2 is 1.67 bits per heavy atom. The van der Waals surface area contributed by atoms with E-state index in [0.29, 0.717) is 12.5 Å². The first-order valence-electron chi connectivity index (χ1n) is 6.17. The number of benzene rings is 1. The molecule has 0 aliphatic heterocycles. The largest absolute Gasteiger partial charge is 0.497 e. The van der Waals surface area contributed by atoms with Gasteiger partial charge in [-0.15, -0.1) is 0 Å². The first-order chi connectivity index (χ1) is 8.60. The summed E-state index contributed by atoms with van der Waals surface area (Å²) < 4.78 is 10.4. The number of hydrogen-bond donors (Lipinski definition) is 2. The van der Waals surface area contributed by atoms with Crippen molar-refractivity contribution in [2.75, 3.05) is 20.8 Å². The second-order valence-electron chi connectivity index (χ2n) is 4.63. The second-order valence-corrected chi connectivity index (χ2v) is 4.63. The molecular formula is C14H23NO3. The first kappa shape index (κ1) is 14.8. The van der Waals surface area contributed by atoms with Gasteiger partial charge in [0.15, 0.2) is 0 Å². The topological polar surface area (TPSA) is 50.7 Å². The van der Waals surface area contributed by atoms with Crippen LogP contribution >= 0.6 is 0 Å². The van der Waals surface area contributed by atoms with Crippen molar-refractivity contribution in [2.45, 2.75) is 26.4 Å². The van der Waals surface area contributed by atoms with Crippen LogP contribution < -0.4 is 14.8 Å². The van der Waals surface area contributed by atoms with Gasteiger partial charge < -0.3 is 19.9 Å². The number of rotatable bonds is 7. The molecular weight excluding hydrogens is 230 g/mol. The summed E-state index contributed by atoms with van der Waals surface area (Å²) in [5, 5.41) is 12.6. The van der Waals surface area contributed by atoms with Crippen LogP contribution in [-0.2, 0) is 6.54 Å². The van der Waals surface area contributed by atoms with Gasteiger partial charge in [-0.3, -0.25) is 0 Å². The van der Waals surface area contributed by atoms with Gasteiger partial charge in [-0.2, -0.15) is 0 Å². The summed E-state index contributed by atoms with van der Waals surface area (Å²) in [7, 11) is 3.27. The van der Waals surface area contributed by atoms with Gasteiger partial charge in [0.1, 0.15) is 11.5 Å². The van der Waals surface area contributed by atoms with E-state index in [1.54, 1.807) is 14.2 Å². The maximum Gasteiger partial charge on any atom is 0.122 e. The quantitative estimate of drug-likeness (QED) is 0.778. The van der Waals surface area contributed by atoms with Crippen molar-refractivity contribution in [3.63, 3.8) is 0 Å². The highest BCUT2D eigenvalue weighted by Gasteiger charge is 2.11. The number of ether oxygens (including phenoxy) is 2. The molecule has 0 aromatic heterocycles. The molecule has 1 atom stereocenters. The fourth-order valence-electron chi connectivity index (χ4n) is 1.73. The fraction of sp³-hybridized carbons (Fsp3) is 0.571. The molecule has 1 aromatic carbocycles. The van der Waals surface area contributed by atoms with Crippen molar-refractivity contribution >= 4 is 0 Å². The third-order valence-electron chi connectivity index (χ3n) is 2.98. The summed E-state index contributed by atoms with van der Waals surface area (Å²) in [6.45, 7) is 4.98. The minimum Gasteiger partial charge on any atom is -0.497 e. The average Bonchev–Trinajstić information content (AvgIpc) is 2.38. The van der Waals surface area contributed by atoms with Crippen molar-refractivity contribution in [1.82, 2.24) is 5.32 Å². The van der Waals surface area contributed by atoms with Crippen LogP contribution in [0.4, 0.5) is 0 Å². The Bertz CT molecular complexity index is 344. The van der Waals surface area contributed by atoms with Crippen LogP contribution in [0.1, 0.15) is 19.4 Å². The Morgan fingerprint density at radius 1 is 1.11 bits per heavy atom. The van der Waals surface area contributed by atoms with E-state index in [2.05, 4.69) is 19.2 Å². The zero-order chi connectivity index (χ0) is 13.5. The molecule has 102 valence electrons. The van der Waals surface area contributed by atoms with Crippen molar-refractivity contribution in [2.24, 2.45) is 5.92 Å². The van der Waals surface area contributed by atoms with E-state index in [1.165, 1.54) is 0 Å². The number of aliphatic hydroxyl groups is 1. The zero-order valence-corrected chi connectivity index (χ0v) is 11.6. The van der Waals surface area contributed by atoms with E-state index < -0.39 is 0 Å². The second kappa shape index (κ2) is 7.24. The lowest BCUT2D eigenvalue weighted by atomic mass is 10.0. The highest BCUT2D eigenvalue weighted by Crippen LogP contribution is 2.22. The van der Waals surface area contributed by atoms with Gasteiger partial charge >= 0.3 is 0 Å². The average molecular weight is 253 g/mol. The summed E-state index contributed by atoms with van der Waals surface area (Å²) in [4.78, 5) is 0. The van der Waals surface area contributed by atoms with Crippen LogP contribution in [0.3, 0.4) is 0 Å². The van der Waals surface area contributed by atoms with E-state index >= 15 is 0 Å². The molecule has 0 saturated carbocycles. The molecule has 0 bridgehead atoms. The molecule has 0 heterocycles. The summed E-state index contributed by atoms with van der Waals surface area (Å²) in [5.74, 6) is 1.94. The molecule has 0 spiro atoms. The van der Waals surface area contributed by atoms with E-state index in [9.17, 15) is 5.11 Å². The number of aliphatic hydroxyl groups excluding tert-OH is 1. The van der Waals surface area contributed by atoms with Crippen molar-refractivity contribution in [3.05, 3.63) is 23.8 Å². The molecule has 18 heavy (non-hydrogen) atoms. The molecule has 2 N–H and O–H groups in total. The third kappa shape index (κ3) is 4.20. The van der Waals surface area contributed by atoms with Gasteiger partial charge in [-0.1, -0.05) is 13.8 Å². The van der Waals surface area contributed by atoms with Gasteiger partial charge in [0, 0.05) is 18.7 Å². The lowest BCUT2D eigenvalue weighted by Gasteiger charge is -2.20. The molecule has 0 saturated heterocycles. The highest BCUT2D eigenvalue weighted by atomic mass is 16.5. The van der Waals surface area contributed by atoms with E-state index in [-0.39, 0.29) is 12.6 Å². The van der Waals surface area contributed by atoms with Gasteiger partial charge in [0.05, 0.1) is 20.8 Å². The summed E-state index contributed by atoms with van der Waals surface area (Å²) in [5.41, 5.74) is 1.07. The molecule has 4 nitrogen and oxygen atoms in total. The highest BCUT2D eigenvalue weighted by molar-refractivity contribution is 5.38. The molecule has 0 radical (unpaired) electrons. The summed E-state index contributed by atoms with van der Waals surface area (Å²) in [6.07, 6.45) is 0. The normalized spacial score (nSPS) is 12.6. The maximum absolute atomic E-state index is 9.26. The molecule has 0 amide bonds. The number of methoxy groups -OCH3 is 2. The van der Waals surface area contributed by atoms with Crippen molar-refractivity contribution < 1.29 is 14.6 Å². The van der Waals surface area contributed by atoms with Crippen LogP contribution in [0, 0.1) is 5.92 Å². The van der Waals surface area contributed by atoms with Gasteiger partial charge in [-0.05, 0) is 23.6 Å². The summed E-state index contributed by atoms with van der Waals surface area (Å²) >= 11 is 0. The van der Waals surface area contributed by atoms with Gasteiger partial charge in [0.2, 0.25) is 0 Å². The smallest absolute Gasteiger partial charge is 0.122 e. The first-order valence-corrected chi connectivity index (χ1v) is 6.17. The lowest BCUT2D eigenvalue weighted by molar-refractivity contribution is 0.210. The van der Waals surface area contributed by atoms with Crippen LogP contribution in [0.25, 0.3) is 0 Å². The van der Waals surface area contributed by atoms with E-state index in [4.69, 9.17) is 9.47 Å². The fourth-order valence-corrected chi connectivity index (χ4v) is 1.73. The molecule has 1 unspecified atom stereocenters. The molecule has 1 aromatic rings. The number of hydrogen-bond acceptors (Lipinski definition) is 4. The van der Waals surface area contributed by atoms with Crippen molar-refractivity contribution in [3.8, 4) is 11.5 Å². The SMILES string of the molecule is COc1cc(CNC(CO)C(C)C)cc(OC)c1. The number of nitrogens with one attached hydrogen (secondary N) is 1. The Kier molecular flexibility index (Phi) is 5.95. The Labute approximate surface area is 109 Å². The Hall–Kier alpha value is -1.26. The minimum absolute atomic E-state index is 0.0993. The zero-order valence-electron chi connectivity index (χ0n) is 11.6. The third-order valence-corrected chi connectivity index (χ3v) is 2.98. The molecule has 0 fully saturated rings. The maximum atomic E-state index is 9.26. The lowest BCUT2D eigenvalue weighted by Crippen LogP contribution is -2.36. The van der Waals surface area contributed by atoms with E-state index in [0.717, 1.165) is 17.1 Å². The molecule has 4 heteroatoms. The van der Waals surface area contributed by atoms with Gasteiger partial charge in [-0.25, -0.2) is 0 Å². The Balaban J connectivity index is 2.71. The van der Waals surface area contributed by atoms with Crippen LogP contribution in [-0.4, -0.2) is 32.0 Å². The van der Waals surface area contributed by atoms with Crippen LogP contribution in [0.5, 0.6) is 11.5 Å². The van der Waals surface area contributed by atoms with Gasteiger partial charge in [0.25, 0.3) is 0 Å². The Morgan fingerprint density at radius 3 is 2.06 bits per heavy atom. The van der Waals surface area contributed by atoms with Crippen LogP contribution in [0.15, 0.2) is 18.2 Å². The summed E-state index contributed by atoms with van der Waals surface area (Å²) in [6, 6.07) is 5.87. The standard InChI is InChI=1S/C14H23NO3/c1-10(2)14(9-16)15-8-11-5-12(17-3)7-13(6-11)18-4/h5-7,10,14-16H,8-9H2,1-4H3. The monoisotopic (exact) mass is 253 g/mol. The predicted octanol–water partition coefficient (Wildman–Crippen LogP) is 1.81. The molecule has 0 aliphatic rings. The minimum atomic E-state index is 0.0993. The molecule has 0 aliphatic carbocycles. The van der Waals surface area contributed by atoms with Crippen molar-refractivity contribution in [1.29, 1.82) is 0 Å². The van der Waals surface area contributed by atoms with Crippen LogP contribution in [0.2, 0.25) is 0 Å². The molecule has 1 rings (SSSR count). The predicted molar refractivity (Wildman–Crippen MR) is 72.1 cm³/mol. The van der Waals surface area contributed by atoms with E-state index in [1.807, 2.05) is 18.2 Å².